The van der Waals surface area contributed by atoms with Crippen LogP contribution in [0.15, 0.2) is 17.1 Å². The van der Waals surface area contributed by atoms with Gasteiger partial charge in [-0.25, -0.2) is 0 Å². The minimum atomic E-state index is -0.0934. The van der Waals surface area contributed by atoms with Crippen LogP contribution in [0.3, 0.4) is 0 Å². The number of imide groups is 1. The molecule has 1 saturated carbocycles. The number of nitrogens with zero attached hydrogens (tertiary/aromatic N) is 4. The zero-order chi connectivity index (χ0) is 21.8. The number of nitrogens with one attached hydrogen (secondary N) is 2. The fraction of sp³-hybridized carbons (Fsp3) is 0.783. The maximum Gasteiger partial charge on any atom is 0.233 e. The minimum Gasteiger partial charge on any atom is -0.357 e. The molecule has 8 nitrogen and oxygen atoms in total. The number of guanidine groups is 1. The summed E-state index contributed by atoms with van der Waals surface area (Å²) in [5.41, 5.74) is 0. The molecule has 172 valence electrons. The minimum absolute atomic E-state index is 0.0454. The van der Waals surface area contributed by atoms with Crippen LogP contribution in [-0.2, 0) is 9.59 Å². The first-order chi connectivity index (χ1) is 15.1. The molecule has 2 bridgehead atoms. The van der Waals surface area contributed by atoms with Crippen LogP contribution in [-0.4, -0.2) is 97.9 Å². The van der Waals surface area contributed by atoms with Gasteiger partial charge in [0.05, 0.1) is 11.8 Å². The molecule has 31 heavy (non-hydrogen) atoms. The molecule has 8 heteroatoms. The molecule has 4 aliphatic rings. The number of likely N-dealkylation sites (N-methyl/N-ethyl adjacent to an activating group) is 1. The van der Waals surface area contributed by atoms with Gasteiger partial charge >= 0.3 is 0 Å². The lowest BCUT2D eigenvalue weighted by atomic mass is 9.85. The van der Waals surface area contributed by atoms with Crippen LogP contribution in [0.4, 0.5) is 0 Å². The first-order valence-corrected chi connectivity index (χ1v) is 12.1. The van der Waals surface area contributed by atoms with Gasteiger partial charge in [-0.15, -0.1) is 0 Å². The second-order valence-electron chi connectivity index (χ2n) is 9.14. The maximum atomic E-state index is 12.8. The summed E-state index contributed by atoms with van der Waals surface area (Å²) in [6.07, 6.45) is 5.97. The molecule has 0 aromatic rings. The van der Waals surface area contributed by atoms with Crippen LogP contribution in [0.5, 0.6) is 0 Å². The molecule has 2 N–H and O–H groups in total. The molecule has 3 fully saturated rings. The molecule has 2 saturated heterocycles. The Balaban J connectivity index is 1.18. The van der Waals surface area contributed by atoms with Crippen molar-refractivity contribution in [2.24, 2.45) is 28.7 Å². The Morgan fingerprint density at radius 1 is 0.968 bits per heavy atom. The van der Waals surface area contributed by atoms with E-state index in [0.717, 1.165) is 64.7 Å². The van der Waals surface area contributed by atoms with Crippen molar-refractivity contribution in [2.45, 2.75) is 26.7 Å². The fourth-order valence-corrected chi connectivity index (χ4v) is 5.61. The number of piperazine rings is 1. The summed E-state index contributed by atoms with van der Waals surface area (Å²) >= 11 is 0. The van der Waals surface area contributed by atoms with Crippen molar-refractivity contribution in [2.75, 3.05) is 65.4 Å². The van der Waals surface area contributed by atoms with E-state index in [4.69, 9.17) is 0 Å². The van der Waals surface area contributed by atoms with E-state index in [1.54, 1.807) is 0 Å². The molecule has 0 aromatic carbocycles. The predicted octanol–water partition coefficient (Wildman–Crippen LogP) is 0.376. The van der Waals surface area contributed by atoms with Gasteiger partial charge in [0.1, 0.15) is 0 Å². The second kappa shape index (κ2) is 10.1. The first-order valence-electron chi connectivity index (χ1n) is 12.1. The van der Waals surface area contributed by atoms with E-state index in [1.807, 2.05) is 0 Å². The highest BCUT2D eigenvalue weighted by molar-refractivity contribution is 6.06. The molecule has 4 rings (SSSR count). The molecule has 2 amide bonds. The quantitative estimate of drug-likeness (QED) is 0.181. The molecule has 4 unspecified atom stereocenters. The number of amides is 2. The zero-order valence-electron chi connectivity index (χ0n) is 19.1. The Morgan fingerprint density at radius 3 is 2.23 bits per heavy atom. The Hall–Kier alpha value is -1.93. The van der Waals surface area contributed by atoms with Gasteiger partial charge in [0, 0.05) is 58.9 Å². The van der Waals surface area contributed by atoms with Crippen molar-refractivity contribution >= 4 is 17.8 Å². The van der Waals surface area contributed by atoms with Crippen LogP contribution in [0.2, 0.25) is 0 Å². The highest BCUT2D eigenvalue weighted by Gasteiger charge is 2.58. The monoisotopic (exact) mass is 430 g/mol. The predicted molar refractivity (Wildman–Crippen MR) is 122 cm³/mol. The van der Waals surface area contributed by atoms with Crippen LogP contribution in [0, 0.1) is 23.7 Å². The van der Waals surface area contributed by atoms with Crippen molar-refractivity contribution in [3.63, 3.8) is 0 Å². The third kappa shape index (κ3) is 4.80. The van der Waals surface area contributed by atoms with E-state index >= 15 is 0 Å². The summed E-state index contributed by atoms with van der Waals surface area (Å²) in [4.78, 5) is 36.6. The van der Waals surface area contributed by atoms with Crippen molar-refractivity contribution in [3.05, 3.63) is 12.2 Å². The summed E-state index contributed by atoms with van der Waals surface area (Å²) in [5, 5.41) is 6.71. The lowest BCUT2D eigenvalue weighted by Gasteiger charge is -2.34. The molecule has 2 heterocycles. The van der Waals surface area contributed by atoms with Gasteiger partial charge in [-0.1, -0.05) is 19.1 Å². The highest BCUT2D eigenvalue weighted by Crippen LogP contribution is 2.52. The molecular weight excluding hydrogens is 392 g/mol. The molecule has 2 aliphatic carbocycles. The van der Waals surface area contributed by atoms with E-state index < -0.39 is 0 Å². The molecule has 2 aliphatic heterocycles. The highest BCUT2D eigenvalue weighted by atomic mass is 16.2. The van der Waals surface area contributed by atoms with Gasteiger partial charge in [-0.3, -0.25) is 24.4 Å². The number of hydrogen-bond acceptors (Lipinski definition) is 5. The number of allylic oxidation sites excluding steroid dienone is 2. The third-order valence-corrected chi connectivity index (χ3v) is 7.35. The lowest BCUT2D eigenvalue weighted by Crippen LogP contribution is -2.49. The summed E-state index contributed by atoms with van der Waals surface area (Å²) in [6.45, 7) is 13.7. The Labute approximate surface area is 186 Å². The van der Waals surface area contributed by atoms with Crippen molar-refractivity contribution in [3.8, 4) is 0 Å². The molecular formula is C23H38N6O2. The number of likely N-dealkylation sites (tertiary alicyclic amines) is 1. The van der Waals surface area contributed by atoms with Crippen LogP contribution >= 0.6 is 0 Å². The second-order valence-corrected chi connectivity index (χ2v) is 9.14. The van der Waals surface area contributed by atoms with Gasteiger partial charge < -0.3 is 15.5 Å². The Morgan fingerprint density at radius 2 is 1.61 bits per heavy atom. The zero-order valence-corrected chi connectivity index (χ0v) is 19.1. The fourth-order valence-electron chi connectivity index (χ4n) is 5.61. The third-order valence-electron chi connectivity index (χ3n) is 7.35. The summed E-state index contributed by atoms with van der Waals surface area (Å²) in [6, 6.07) is 0. The van der Waals surface area contributed by atoms with Crippen molar-refractivity contribution in [1.29, 1.82) is 0 Å². The standard InChI is InChI=1S/C23H38N6O2/c1-3-24-23(26-9-11-28-14-12-27(4-2)13-15-28)25-8-5-10-29-21(30)19-17-6-7-18(16-17)20(19)22(29)31/h6-7,17-20H,3-5,8-16H2,1-2H3,(H2,24,25,26). The smallest absolute Gasteiger partial charge is 0.233 e. The van der Waals surface area contributed by atoms with Crippen molar-refractivity contribution < 1.29 is 9.59 Å². The summed E-state index contributed by atoms with van der Waals surface area (Å²) in [7, 11) is 0. The number of rotatable bonds is 9. The van der Waals surface area contributed by atoms with Gasteiger partial charge in [0.2, 0.25) is 11.8 Å². The first kappa shape index (κ1) is 22.3. The SMILES string of the molecule is CCNC(=NCCCN1C(=O)C2C3C=CC(C3)C2C1=O)NCCN1CCN(CC)CC1. The van der Waals surface area contributed by atoms with Crippen LogP contribution < -0.4 is 10.6 Å². The van der Waals surface area contributed by atoms with E-state index in [0.29, 0.717) is 19.5 Å². The van der Waals surface area contributed by atoms with Crippen molar-refractivity contribution in [1.82, 2.24) is 25.3 Å². The van der Waals surface area contributed by atoms with Gasteiger partial charge in [-0.05, 0) is 38.1 Å². The Bertz CT molecular complexity index is 685. The normalized spacial score (nSPS) is 31.0. The van der Waals surface area contributed by atoms with E-state index in [-0.39, 0.29) is 35.5 Å². The topological polar surface area (TPSA) is 80.3 Å². The Kier molecular flexibility index (Phi) is 7.27. The largest absolute Gasteiger partial charge is 0.357 e. The molecule has 0 spiro atoms. The number of carbonyl (C=O) groups excluding carboxylic acids is 2. The van der Waals surface area contributed by atoms with E-state index in [2.05, 4.69) is 51.4 Å². The lowest BCUT2D eigenvalue weighted by molar-refractivity contribution is -0.140. The molecule has 4 atom stereocenters. The molecule has 0 radical (unpaired) electrons. The molecule has 0 aromatic heterocycles. The maximum absolute atomic E-state index is 12.8. The van der Waals surface area contributed by atoms with E-state index in [1.165, 1.54) is 4.90 Å². The van der Waals surface area contributed by atoms with Gasteiger partial charge in [0.25, 0.3) is 0 Å². The number of fused-ring (bicyclic) bond motifs is 5. The van der Waals surface area contributed by atoms with Gasteiger partial charge in [-0.2, -0.15) is 0 Å². The van der Waals surface area contributed by atoms with Crippen LogP contribution in [0.25, 0.3) is 0 Å². The number of hydrogen-bond donors (Lipinski definition) is 2. The number of aliphatic imine (C=N–C) groups is 1. The van der Waals surface area contributed by atoms with Gasteiger partial charge in [0.15, 0.2) is 5.96 Å². The summed E-state index contributed by atoms with van der Waals surface area (Å²) in [5.74, 6) is 1.28. The van der Waals surface area contributed by atoms with Crippen LogP contribution in [0.1, 0.15) is 26.7 Å². The number of carbonyl (C=O) groups is 2. The summed E-state index contributed by atoms with van der Waals surface area (Å²) < 4.78 is 0. The average molecular weight is 431 g/mol. The van der Waals surface area contributed by atoms with E-state index in [9.17, 15) is 9.59 Å². The average Bonchev–Trinajstić information content (AvgIpc) is 3.46.